The molecular formula is C16H21NO4. The molecule has 0 aromatic heterocycles. The summed E-state index contributed by atoms with van der Waals surface area (Å²) in [6.07, 6.45) is 3.20. The van der Waals surface area contributed by atoms with Crippen LogP contribution in [0.1, 0.15) is 29.6 Å². The molecule has 0 radical (unpaired) electrons. The number of piperidine rings is 1. The standard InChI is InChI=1S/C16H21NO4/c1-19-9-6-12-4-7-17(8-5-12)16(18)13-2-3-14-15(10-13)21-11-20-14/h2-3,10,12H,4-9,11H2,1H3. The molecule has 0 spiro atoms. The van der Waals surface area contributed by atoms with Crippen LogP contribution in [0.15, 0.2) is 18.2 Å². The summed E-state index contributed by atoms with van der Waals surface area (Å²) in [6.45, 7) is 2.68. The second-order valence-corrected chi connectivity index (χ2v) is 5.59. The molecule has 2 heterocycles. The number of carbonyl (C=O) groups is 1. The number of methoxy groups -OCH3 is 1. The van der Waals surface area contributed by atoms with E-state index in [4.69, 9.17) is 14.2 Å². The van der Waals surface area contributed by atoms with Gasteiger partial charge in [0.25, 0.3) is 5.91 Å². The number of rotatable bonds is 4. The number of ether oxygens (including phenoxy) is 3. The quantitative estimate of drug-likeness (QED) is 0.854. The molecule has 3 rings (SSSR count). The van der Waals surface area contributed by atoms with Crippen molar-refractivity contribution in [1.29, 1.82) is 0 Å². The largest absolute Gasteiger partial charge is 0.454 e. The molecule has 0 N–H and O–H groups in total. The monoisotopic (exact) mass is 291 g/mol. The van der Waals surface area contributed by atoms with Crippen molar-refractivity contribution in [3.63, 3.8) is 0 Å². The number of hydrogen-bond donors (Lipinski definition) is 0. The van der Waals surface area contributed by atoms with E-state index >= 15 is 0 Å². The lowest BCUT2D eigenvalue weighted by Gasteiger charge is -2.32. The molecule has 5 nitrogen and oxygen atoms in total. The first-order chi connectivity index (χ1) is 10.3. The number of likely N-dealkylation sites (tertiary alicyclic amines) is 1. The van der Waals surface area contributed by atoms with E-state index in [0.29, 0.717) is 23.0 Å². The van der Waals surface area contributed by atoms with Crippen LogP contribution >= 0.6 is 0 Å². The predicted octanol–water partition coefficient (Wildman–Crippen LogP) is 2.30. The van der Waals surface area contributed by atoms with Crippen molar-refractivity contribution < 1.29 is 19.0 Å². The maximum absolute atomic E-state index is 12.5. The summed E-state index contributed by atoms with van der Waals surface area (Å²) >= 11 is 0. The maximum atomic E-state index is 12.5. The molecule has 1 aromatic rings. The van der Waals surface area contributed by atoms with Gasteiger partial charge in [0.1, 0.15) is 0 Å². The molecule has 1 fully saturated rings. The highest BCUT2D eigenvalue weighted by Crippen LogP contribution is 2.33. The van der Waals surface area contributed by atoms with Gasteiger partial charge in [0.2, 0.25) is 6.79 Å². The number of fused-ring (bicyclic) bond motifs is 1. The van der Waals surface area contributed by atoms with Crippen molar-refractivity contribution in [3.8, 4) is 11.5 Å². The van der Waals surface area contributed by atoms with E-state index in [2.05, 4.69) is 0 Å². The van der Waals surface area contributed by atoms with Crippen molar-refractivity contribution in [2.75, 3.05) is 33.6 Å². The lowest BCUT2D eigenvalue weighted by Crippen LogP contribution is -2.38. The highest BCUT2D eigenvalue weighted by molar-refractivity contribution is 5.95. The minimum absolute atomic E-state index is 0.0819. The number of carbonyl (C=O) groups excluding carboxylic acids is 1. The van der Waals surface area contributed by atoms with Crippen LogP contribution in [-0.2, 0) is 4.74 Å². The second-order valence-electron chi connectivity index (χ2n) is 5.59. The Labute approximate surface area is 124 Å². The first-order valence-corrected chi connectivity index (χ1v) is 7.46. The van der Waals surface area contributed by atoms with Gasteiger partial charge < -0.3 is 19.1 Å². The molecular weight excluding hydrogens is 270 g/mol. The minimum atomic E-state index is 0.0819. The summed E-state index contributed by atoms with van der Waals surface area (Å²) in [4.78, 5) is 14.5. The first kappa shape index (κ1) is 14.2. The van der Waals surface area contributed by atoms with E-state index in [9.17, 15) is 4.79 Å². The second kappa shape index (κ2) is 6.35. The fourth-order valence-electron chi connectivity index (χ4n) is 2.92. The topological polar surface area (TPSA) is 48.0 Å². The Morgan fingerprint density at radius 3 is 2.81 bits per heavy atom. The average molecular weight is 291 g/mol. The fourth-order valence-corrected chi connectivity index (χ4v) is 2.92. The lowest BCUT2D eigenvalue weighted by atomic mass is 9.93. The molecule has 114 valence electrons. The van der Waals surface area contributed by atoms with Crippen molar-refractivity contribution in [2.24, 2.45) is 5.92 Å². The molecule has 1 amide bonds. The van der Waals surface area contributed by atoms with Crippen LogP contribution in [0.25, 0.3) is 0 Å². The molecule has 2 aliphatic heterocycles. The minimum Gasteiger partial charge on any atom is -0.454 e. The van der Waals surface area contributed by atoms with Crippen molar-refractivity contribution in [2.45, 2.75) is 19.3 Å². The van der Waals surface area contributed by atoms with E-state index in [-0.39, 0.29) is 12.7 Å². The number of hydrogen-bond acceptors (Lipinski definition) is 4. The van der Waals surface area contributed by atoms with Crippen LogP contribution in [0, 0.1) is 5.92 Å². The summed E-state index contributed by atoms with van der Waals surface area (Å²) in [6, 6.07) is 5.40. The Morgan fingerprint density at radius 2 is 2.05 bits per heavy atom. The van der Waals surface area contributed by atoms with Gasteiger partial charge >= 0.3 is 0 Å². The Bertz CT molecular complexity index is 509. The zero-order valence-electron chi connectivity index (χ0n) is 12.3. The smallest absolute Gasteiger partial charge is 0.253 e. The van der Waals surface area contributed by atoms with Crippen LogP contribution in [0.5, 0.6) is 11.5 Å². The SMILES string of the molecule is COCCC1CCN(C(=O)c2ccc3c(c2)OCO3)CC1. The maximum Gasteiger partial charge on any atom is 0.253 e. The third-order valence-corrected chi connectivity index (χ3v) is 4.25. The van der Waals surface area contributed by atoms with Gasteiger partial charge in [-0.1, -0.05) is 0 Å². The molecule has 5 heteroatoms. The molecule has 2 aliphatic rings. The molecule has 0 saturated carbocycles. The van der Waals surface area contributed by atoms with Gasteiger partial charge in [-0.2, -0.15) is 0 Å². The fraction of sp³-hybridized carbons (Fsp3) is 0.562. The lowest BCUT2D eigenvalue weighted by molar-refractivity contribution is 0.0669. The summed E-state index contributed by atoms with van der Waals surface area (Å²) in [5, 5.41) is 0. The Morgan fingerprint density at radius 1 is 1.29 bits per heavy atom. The van der Waals surface area contributed by atoms with Gasteiger partial charge in [-0.05, 0) is 43.4 Å². The molecule has 0 unspecified atom stereocenters. The van der Waals surface area contributed by atoms with Gasteiger partial charge in [0.05, 0.1) is 0 Å². The van der Waals surface area contributed by atoms with Gasteiger partial charge in [0.15, 0.2) is 11.5 Å². The average Bonchev–Trinajstić information content (AvgIpc) is 3.00. The van der Waals surface area contributed by atoms with E-state index in [0.717, 1.165) is 39.0 Å². The van der Waals surface area contributed by atoms with E-state index in [1.54, 1.807) is 19.2 Å². The highest BCUT2D eigenvalue weighted by Gasteiger charge is 2.24. The molecule has 0 atom stereocenters. The molecule has 1 aromatic carbocycles. The summed E-state index contributed by atoms with van der Waals surface area (Å²) in [5.74, 6) is 2.13. The molecule has 21 heavy (non-hydrogen) atoms. The van der Waals surface area contributed by atoms with Gasteiger partial charge in [0, 0.05) is 32.4 Å². The summed E-state index contributed by atoms with van der Waals surface area (Å²) in [5.41, 5.74) is 0.676. The van der Waals surface area contributed by atoms with Gasteiger partial charge in [-0.15, -0.1) is 0 Å². The third-order valence-electron chi connectivity index (χ3n) is 4.25. The van der Waals surface area contributed by atoms with Gasteiger partial charge in [-0.25, -0.2) is 0 Å². The van der Waals surface area contributed by atoms with Gasteiger partial charge in [-0.3, -0.25) is 4.79 Å². The summed E-state index contributed by atoms with van der Waals surface area (Å²) in [7, 11) is 1.73. The highest BCUT2D eigenvalue weighted by atomic mass is 16.7. The summed E-state index contributed by atoms with van der Waals surface area (Å²) < 4.78 is 15.7. The normalized spacial score (nSPS) is 18.0. The van der Waals surface area contributed by atoms with Crippen LogP contribution in [0.4, 0.5) is 0 Å². The third kappa shape index (κ3) is 3.13. The predicted molar refractivity (Wildman–Crippen MR) is 77.7 cm³/mol. The zero-order chi connectivity index (χ0) is 14.7. The van der Waals surface area contributed by atoms with Crippen molar-refractivity contribution in [3.05, 3.63) is 23.8 Å². The van der Waals surface area contributed by atoms with E-state index < -0.39 is 0 Å². The molecule has 1 saturated heterocycles. The Hall–Kier alpha value is -1.75. The number of benzene rings is 1. The number of nitrogens with zero attached hydrogens (tertiary/aromatic N) is 1. The Kier molecular flexibility index (Phi) is 4.29. The Balaban J connectivity index is 1.59. The van der Waals surface area contributed by atoms with Crippen molar-refractivity contribution in [1.82, 2.24) is 4.90 Å². The molecule has 0 bridgehead atoms. The van der Waals surface area contributed by atoms with Crippen LogP contribution < -0.4 is 9.47 Å². The van der Waals surface area contributed by atoms with Crippen molar-refractivity contribution >= 4 is 5.91 Å². The van der Waals surface area contributed by atoms with E-state index in [1.807, 2.05) is 11.0 Å². The zero-order valence-corrected chi connectivity index (χ0v) is 12.3. The van der Waals surface area contributed by atoms with E-state index in [1.165, 1.54) is 0 Å². The van der Waals surface area contributed by atoms with Crippen LogP contribution in [0.3, 0.4) is 0 Å². The first-order valence-electron chi connectivity index (χ1n) is 7.46. The molecule has 0 aliphatic carbocycles. The number of amides is 1. The van der Waals surface area contributed by atoms with Crippen LogP contribution in [-0.4, -0.2) is 44.4 Å². The van der Waals surface area contributed by atoms with Crippen LogP contribution in [0.2, 0.25) is 0 Å².